The molecule has 2 aromatic carbocycles. The lowest BCUT2D eigenvalue weighted by atomic mass is 10.2. The minimum atomic E-state index is -0.295. The number of fused-ring (bicyclic) bond motifs is 1. The maximum Gasteiger partial charge on any atom is 0.242 e. The van der Waals surface area contributed by atoms with Crippen LogP contribution < -0.4 is 19.9 Å². The van der Waals surface area contributed by atoms with Crippen molar-refractivity contribution < 1.29 is 19.1 Å². The van der Waals surface area contributed by atoms with Crippen LogP contribution in [0.1, 0.15) is 12.8 Å². The van der Waals surface area contributed by atoms with E-state index in [1.54, 1.807) is 9.80 Å². The van der Waals surface area contributed by atoms with Crippen molar-refractivity contribution in [3.05, 3.63) is 54.6 Å². The zero-order valence-corrected chi connectivity index (χ0v) is 18.0. The van der Waals surface area contributed by atoms with Crippen LogP contribution in [0, 0.1) is 0 Å². The third kappa shape index (κ3) is 5.19. The molecule has 8 nitrogen and oxygen atoms in total. The SMILES string of the molecule is O=C(CCC(=O)N1CCOc2ccccc21)NCC(=O)N1CCN(c2ccccc2)CC1. The van der Waals surface area contributed by atoms with E-state index in [1.165, 1.54) is 0 Å². The normalized spacial score (nSPS) is 15.6. The molecule has 0 aliphatic carbocycles. The van der Waals surface area contributed by atoms with Gasteiger partial charge in [-0.3, -0.25) is 14.4 Å². The highest BCUT2D eigenvalue weighted by molar-refractivity contribution is 5.97. The molecule has 1 saturated heterocycles. The van der Waals surface area contributed by atoms with Crippen molar-refractivity contribution in [1.82, 2.24) is 10.2 Å². The topological polar surface area (TPSA) is 82.2 Å². The van der Waals surface area contributed by atoms with Gasteiger partial charge in [-0.25, -0.2) is 0 Å². The summed E-state index contributed by atoms with van der Waals surface area (Å²) in [6.07, 6.45) is 0.136. The summed E-state index contributed by atoms with van der Waals surface area (Å²) in [4.78, 5) is 43.0. The zero-order chi connectivity index (χ0) is 22.3. The lowest BCUT2D eigenvalue weighted by molar-refractivity contribution is -0.133. The first-order valence-corrected chi connectivity index (χ1v) is 11.0. The standard InChI is InChI=1S/C24H28N4O4/c29-22(10-11-23(30)28-16-17-32-21-9-5-4-8-20(21)28)25-18-24(31)27-14-12-26(13-15-27)19-6-2-1-3-7-19/h1-9H,10-18H2,(H,25,29). The number of hydrogen-bond acceptors (Lipinski definition) is 5. The number of nitrogens with one attached hydrogen (secondary N) is 1. The van der Waals surface area contributed by atoms with Crippen LogP contribution >= 0.6 is 0 Å². The Morgan fingerprint density at radius 3 is 2.31 bits per heavy atom. The third-order valence-corrected chi connectivity index (χ3v) is 5.79. The fourth-order valence-corrected chi connectivity index (χ4v) is 4.01. The first-order chi connectivity index (χ1) is 15.6. The average molecular weight is 437 g/mol. The van der Waals surface area contributed by atoms with Crippen molar-refractivity contribution in [3.63, 3.8) is 0 Å². The molecule has 2 aliphatic heterocycles. The number of amides is 3. The number of rotatable bonds is 6. The number of piperazine rings is 1. The molecule has 32 heavy (non-hydrogen) atoms. The summed E-state index contributed by atoms with van der Waals surface area (Å²) < 4.78 is 5.57. The molecule has 0 spiro atoms. The Balaban J connectivity index is 1.18. The van der Waals surface area contributed by atoms with E-state index in [1.807, 2.05) is 42.5 Å². The number of hydrogen-bond donors (Lipinski definition) is 1. The second-order valence-electron chi connectivity index (χ2n) is 7.84. The smallest absolute Gasteiger partial charge is 0.242 e. The average Bonchev–Trinajstić information content (AvgIpc) is 2.86. The van der Waals surface area contributed by atoms with Crippen LogP contribution in [0.2, 0.25) is 0 Å². The number of ether oxygens (including phenoxy) is 1. The summed E-state index contributed by atoms with van der Waals surface area (Å²) >= 11 is 0. The first kappa shape index (κ1) is 21.7. The fraction of sp³-hybridized carbons (Fsp3) is 0.375. The van der Waals surface area contributed by atoms with E-state index in [-0.39, 0.29) is 37.1 Å². The number of carbonyl (C=O) groups is 3. The summed E-state index contributed by atoms with van der Waals surface area (Å²) in [7, 11) is 0. The van der Waals surface area contributed by atoms with Gasteiger partial charge in [0.1, 0.15) is 12.4 Å². The first-order valence-electron chi connectivity index (χ1n) is 11.0. The molecule has 8 heteroatoms. The van der Waals surface area contributed by atoms with Gasteiger partial charge in [0, 0.05) is 44.7 Å². The van der Waals surface area contributed by atoms with Gasteiger partial charge in [0.2, 0.25) is 17.7 Å². The van der Waals surface area contributed by atoms with E-state index < -0.39 is 0 Å². The predicted molar refractivity (Wildman–Crippen MR) is 122 cm³/mol. The molecule has 0 saturated carbocycles. The van der Waals surface area contributed by atoms with Gasteiger partial charge in [-0.2, -0.15) is 0 Å². The molecule has 1 N–H and O–H groups in total. The van der Waals surface area contributed by atoms with E-state index in [4.69, 9.17) is 4.74 Å². The van der Waals surface area contributed by atoms with E-state index >= 15 is 0 Å². The van der Waals surface area contributed by atoms with Crippen LogP contribution in [0.5, 0.6) is 5.75 Å². The van der Waals surface area contributed by atoms with Crippen LogP contribution in [0.4, 0.5) is 11.4 Å². The molecule has 1 fully saturated rings. The van der Waals surface area contributed by atoms with E-state index in [2.05, 4.69) is 22.3 Å². The summed E-state index contributed by atoms with van der Waals surface area (Å²) in [6, 6.07) is 17.5. The zero-order valence-electron chi connectivity index (χ0n) is 18.0. The molecule has 2 aliphatic rings. The van der Waals surface area contributed by atoms with Gasteiger partial charge < -0.3 is 24.8 Å². The minimum Gasteiger partial charge on any atom is -0.490 e. The van der Waals surface area contributed by atoms with Crippen LogP contribution in [-0.4, -0.2) is 68.5 Å². The van der Waals surface area contributed by atoms with Crippen molar-refractivity contribution >= 4 is 29.1 Å². The van der Waals surface area contributed by atoms with Gasteiger partial charge in [-0.1, -0.05) is 30.3 Å². The summed E-state index contributed by atoms with van der Waals surface area (Å²) in [6.45, 7) is 3.63. The van der Waals surface area contributed by atoms with Crippen LogP contribution in [0.25, 0.3) is 0 Å². The maximum atomic E-state index is 12.6. The third-order valence-electron chi connectivity index (χ3n) is 5.79. The molecule has 0 aromatic heterocycles. The minimum absolute atomic E-state index is 0.0429. The number of anilines is 2. The molecule has 0 radical (unpaired) electrons. The Kier molecular flexibility index (Phi) is 6.89. The Hall–Kier alpha value is -3.55. The van der Waals surface area contributed by atoms with E-state index in [0.29, 0.717) is 32.0 Å². The van der Waals surface area contributed by atoms with Crippen molar-refractivity contribution in [1.29, 1.82) is 0 Å². The van der Waals surface area contributed by atoms with Gasteiger partial charge in [0.15, 0.2) is 0 Å². The monoisotopic (exact) mass is 436 g/mol. The molecular weight excluding hydrogens is 408 g/mol. The summed E-state index contributed by atoms with van der Waals surface area (Å²) in [5.74, 6) is 0.157. The maximum absolute atomic E-state index is 12.6. The highest BCUT2D eigenvalue weighted by Crippen LogP contribution is 2.31. The molecule has 0 bridgehead atoms. The number of nitrogens with zero attached hydrogens (tertiary/aromatic N) is 3. The summed E-state index contributed by atoms with van der Waals surface area (Å²) in [5, 5.41) is 2.66. The quantitative estimate of drug-likeness (QED) is 0.745. The van der Waals surface area contributed by atoms with Crippen LogP contribution in [0.3, 0.4) is 0 Å². The second-order valence-corrected chi connectivity index (χ2v) is 7.84. The summed E-state index contributed by atoms with van der Waals surface area (Å²) in [5.41, 5.74) is 1.88. The van der Waals surface area contributed by atoms with Gasteiger partial charge >= 0.3 is 0 Å². The number of carbonyl (C=O) groups excluding carboxylic acids is 3. The predicted octanol–water partition coefficient (Wildman–Crippen LogP) is 1.66. The lowest BCUT2D eigenvalue weighted by Gasteiger charge is -2.36. The number of benzene rings is 2. The Morgan fingerprint density at radius 1 is 0.812 bits per heavy atom. The highest BCUT2D eigenvalue weighted by atomic mass is 16.5. The van der Waals surface area contributed by atoms with E-state index in [9.17, 15) is 14.4 Å². The number of para-hydroxylation sites is 3. The van der Waals surface area contributed by atoms with E-state index in [0.717, 1.165) is 24.5 Å². The van der Waals surface area contributed by atoms with Crippen LogP contribution in [0.15, 0.2) is 54.6 Å². The molecular formula is C24H28N4O4. The molecule has 0 unspecified atom stereocenters. The molecule has 4 rings (SSSR count). The van der Waals surface area contributed by atoms with Gasteiger partial charge in [-0.05, 0) is 24.3 Å². The molecule has 3 amide bonds. The second kappa shape index (κ2) is 10.2. The van der Waals surface area contributed by atoms with Gasteiger partial charge in [0.25, 0.3) is 0 Å². The fourth-order valence-electron chi connectivity index (χ4n) is 4.01. The van der Waals surface area contributed by atoms with Crippen molar-refractivity contribution in [2.24, 2.45) is 0 Å². The molecule has 168 valence electrons. The van der Waals surface area contributed by atoms with Gasteiger partial charge in [-0.15, -0.1) is 0 Å². The van der Waals surface area contributed by atoms with Crippen molar-refractivity contribution in [2.45, 2.75) is 12.8 Å². The van der Waals surface area contributed by atoms with Crippen molar-refractivity contribution in [2.75, 3.05) is 55.7 Å². The largest absolute Gasteiger partial charge is 0.490 e. The molecule has 2 aromatic rings. The molecule has 0 atom stereocenters. The van der Waals surface area contributed by atoms with Crippen LogP contribution in [-0.2, 0) is 14.4 Å². The Bertz CT molecular complexity index is 957. The van der Waals surface area contributed by atoms with Crippen molar-refractivity contribution in [3.8, 4) is 5.75 Å². The lowest BCUT2D eigenvalue weighted by Crippen LogP contribution is -2.51. The van der Waals surface area contributed by atoms with Gasteiger partial charge in [0.05, 0.1) is 18.8 Å². The Morgan fingerprint density at radius 2 is 1.53 bits per heavy atom. The molecule has 2 heterocycles. The highest BCUT2D eigenvalue weighted by Gasteiger charge is 2.24. The Labute approximate surface area is 187 Å².